The quantitative estimate of drug-likeness (QED) is 0.172. The SMILES string of the molecule is Cc1cccc(N(CC(=O)N(Cc2ccc(Cl)c(Cl)c2)[C@H](Cc2ccccc2)C(=O)NC2CCCC2)S(=O)(=O)c2ccccc2)c1. The lowest BCUT2D eigenvalue weighted by Gasteiger charge is -2.34. The third-order valence-electron chi connectivity index (χ3n) is 8.21. The molecule has 2 amide bonds. The van der Waals surface area contributed by atoms with E-state index in [0.29, 0.717) is 21.3 Å². The summed E-state index contributed by atoms with van der Waals surface area (Å²) < 4.78 is 29.3. The minimum atomic E-state index is -4.16. The normalized spacial score (nSPS) is 14.1. The van der Waals surface area contributed by atoms with Crippen molar-refractivity contribution in [2.24, 2.45) is 0 Å². The van der Waals surface area contributed by atoms with Crippen LogP contribution in [0.1, 0.15) is 42.4 Å². The number of amides is 2. The lowest BCUT2D eigenvalue weighted by molar-refractivity contribution is -0.140. The molecule has 7 nitrogen and oxygen atoms in total. The molecule has 0 spiro atoms. The zero-order chi connectivity index (χ0) is 32.7. The molecule has 1 N–H and O–H groups in total. The second-order valence-corrected chi connectivity index (χ2v) is 14.3. The highest BCUT2D eigenvalue weighted by Gasteiger charge is 2.35. The van der Waals surface area contributed by atoms with Crippen LogP contribution in [-0.4, -0.2) is 43.8 Å². The number of benzene rings is 4. The van der Waals surface area contributed by atoms with Crippen molar-refractivity contribution >= 4 is 50.7 Å². The van der Waals surface area contributed by atoms with Crippen molar-refractivity contribution in [1.82, 2.24) is 10.2 Å². The molecule has 0 saturated heterocycles. The summed E-state index contributed by atoms with van der Waals surface area (Å²) in [6.45, 7) is 1.35. The van der Waals surface area contributed by atoms with Crippen LogP contribution in [0, 0.1) is 6.92 Å². The van der Waals surface area contributed by atoms with Gasteiger partial charge in [0.15, 0.2) is 0 Å². The number of halogens is 2. The highest BCUT2D eigenvalue weighted by molar-refractivity contribution is 7.92. The molecule has 0 bridgehead atoms. The van der Waals surface area contributed by atoms with Gasteiger partial charge in [0.05, 0.1) is 20.6 Å². The molecule has 4 aromatic carbocycles. The van der Waals surface area contributed by atoms with Crippen molar-refractivity contribution < 1.29 is 18.0 Å². The number of hydrogen-bond acceptors (Lipinski definition) is 4. The van der Waals surface area contributed by atoms with E-state index in [4.69, 9.17) is 23.2 Å². The van der Waals surface area contributed by atoms with Crippen molar-refractivity contribution in [3.8, 4) is 0 Å². The average molecular weight is 679 g/mol. The monoisotopic (exact) mass is 677 g/mol. The minimum absolute atomic E-state index is 0.0123. The standard InChI is InChI=1S/C36H37Cl2N3O4S/c1-26-11-10-16-30(21-26)41(46(44,45)31-17-6-3-7-18-31)25-35(42)40(24-28-19-20-32(37)33(38)22-28)34(23-27-12-4-2-5-13-27)36(43)39-29-14-8-9-15-29/h2-7,10-13,16-22,29,34H,8-9,14-15,23-25H2,1H3,(H,39,43)/t34-/m1/s1. The molecule has 0 unspecified atom stereocenters. The first-order valence-corrected chi connectivity index (χ1v) is 17.5. The van der Waals surface area contributed by atoms with Crippen LogP contribution in [0.15, 0.2) is 108 Å². The molecule has 1 saturated carbocycles. The van der Waals surface area contributed by atoms with Crippen molar-refractivity contribution in [2.75, 3.05) is 10.8 Å². The summed E-state index contributed by atoms with van der Waals surface area (Å²) in [5.74, 6) is -0.813. The third kappa shape index (κ3) is 8.29. The molecule has 1 fully saturated rings. The largest absolute Gasteiger partial charge is 0.352 e. The van der Waals surface area contributed by atoms with E-state index in [9.17, 15) is 18.0 Å². The third-order valence-corrected chi connectivity index (χ3v) is 10.7. The van der Waals surface area contributed by atoms with Gasteiger partial charge in [-0.15, -0.1) is 0 Å². The smallest absolute Gasteiger partial charge is 0.264 e. The molecule has 0 aromatic heterocycles. The topological polar surface area (TPSA) is 86.8 Å². The Balaban J connectivity index is 1.57. The number of nitrogens with one attached hydrogen (secondary N) is 1. The molecule has 1 aliphatic carbocycles. The summed E-state index contributed by atoms with van der Waals surface area (Å²) in [7, 11) is -4.16. The van der Waals surface area contributed by atoms with E-state index in [1.807, 2.05) is 43.3 Å². The van der Waals surface area contributed by atoms with Crippen LogP contribution in [-0.2, 0) is 32.6 Å². The fraction of sp³-hybridized carbons (Fsp3) is 0.278. The molecule has 0 heterocycles. The van der Waals surface area contributed by atoms with Crippen LogP contribution >= 0.6 is 23.2 Å². The Morgan fingerprint density at radius 2 is 1.50 bits per heavy atom. The number of anilines is 1. The van der Waals surface area contributed by atoms with Crippen LogP contribution in [0.5, 0.6) is 0 Å². The molecule has 10 heteroatoms. The van der Waals surface area contributed by atoms with Crippen molar-refractivity contribution in [3.63, 3.8) is 0 Å². The number of rotatable bonds is 12. The Morgan fingerprint density at radius 1 is 0.826 bits per heavy atom. The van der Waals surface area contributed by atoms with Gasteiger partial charge < -0.3 is 10.2 Å². The summed E-state index contributed by atoms with van der Waals surface area (Å²) in [6.07, 6.45) is 4.05. The predicted molar refractivity (Wildman–Crippen MR) is 183 cm³/mol. The van der Waals surface area contributed by atoms with Crippen molar-refractivity contribution in [1.29, 1.82) is 0 Å². The van der Waals surface area contributed by atoms with Gasteiger partial charge >= 0.3 is 0 Å². The second-order valence-electron chi connectivity index (χ2n) is 11.6. The summed E-state index contributed by atoms with van der Waals surface area (Å²) in [6, 6.07) is 28.7. The second kappa shape index (κ2) is 15.2. The van der Waals surface area contributed by atoms with E-state index in [0.717, 1.165) is 41.1 Å². The zero-order valence-electron chi connectivity index (χ0n) is 25.6. The van der Waals surface area contributed by atoms with E-state index in [1.165, 1.54) is 17.0 Å². The summed E-state index contributed by atoms with van der Waals surface area (Å²) in [5.41, 5.74) is 2.71. The summed E-state index contributed by atoms with van der Waals surface area (Å²) in [4.78, 5) is 30.2. The van der Waals surface area contributed by atoms with E-state index in [-0.39, 0.29) is 29.8 Å². The number of aryl methyl sites for hydroxylation is 1. The first-order valence-electron chi connectivity index (χ1n) is 15.3. The predicted octanol–water partition coefficient (Wildman–Crippen LogP) is 7.20. The number of hydrogen-bond donors (Lipinski definition) is 1. The van der Waals surface area contributed by atoms with Crippen LogP contribution in [0.4, 0.5) is 5.69 Å². The van der Waals surface area contributed by atoms with Crippen LogP contribution in [0.2, 0.25) is 10.0 Å². The molecule has 5 rings (SSSR count). The van der Waals surface area contributed by atoms with Gasteiger partial charge in [-0.05, 0) is 72.9 Å². The molecule has 46 heavy (non-hydrogen) atoms. The van der Waals surface area contributed by atoms with E-state index in [2.05, 4.69) is 5.32 Å². The highest BCUT2D eigenvalue weighted by atomic mass is 35.5. The Labute approximate surface area is 281 Å². The first kappa shape index (κ1) is 33.5. The van der Waals surface area contributed by atoms with Gasteiger partial charge in [-0.1, -0.05) is 103 Å². The minimum Gasteiger partial charge on any atom is -0.352 e. The van der Waals surface area contributed by atoms with Gasteiger partial charge in [0.2, 0.25) is 11.8 Å². The summed E-state index contributed by atoms with van der Waals surface area (Å²) >= 11 is 12.6. The van der Waals surface area contributed by atoms with Gasteiger partial charge in [-0.2, -0.15) is 0 Å². The number of carbonyl (C=O) groups is 2. The van der Waals surface area contributed by atoms with E-state index < -0.39 is 28.5 Å². The van der Waals surface area contributed by atoms with Crippen molar-refractivity contribution in [3.05, 3.63) is 130 Å². The number of sulfonamides is 1. The Morgan fingerprint density at radius 3 is 2.15 bits per heavy atom. The lowest BCUT2D eigenvalue weighted by Crippen LogP contribution is -2.54. The van der Waals surface area contributed by atoms with Gasteiger partial charge in [0.1, 0.15) is 12.6 Å². The van der Waals surface area contributed by atoms with Gasteiger partial charge in [0, 0.05) is 19.0 Å². The first-order chi connectivity index (χ1) is 22.1. The molecule has 0 aliphatic heterocycles. The maximum absolute atomic E-state index is 14.6. The highest BCUT2D eigenvalue weighted by Crippen LogP contribution is 2.28. The Hall–Kier alpha value is -3.85. The molecule has 1 aliphatic rings. The van der Waals surface area contributed by atoms with Crippen LogP contribution in [0.25, 0.3) is 0 Å². The number of nitrogens with zero attached hydrogens (tertiary/aromatic N) is 2. The van der Waals surface area contributed by atoms with E-state index in [1.54, 1.807) is 54.6 Å². The molecule has 0 radical (unpaired) electrons. The van der Waals surface area contributed by atoms with Crippen LogP contribution < -0.4 is 9.62 Å². The maximum Gasteiger partial charge on any atom is 0.264 e. The van der Waals surface area contributed by atoms with E-state index >= 15 is 0 Å². The molecular weight excluding hydrogens is 641 g/mol. The molecule has 4 aromatic rings. The Bertz CT molecular complexity index is 1760. The molecule has 1 atom stereocenters. The van der Waals surface area contributed by atoms with Crippen LogP contribution in [0.3, 0.4) is 0 Å². The molecule has 240 valence electrons. The lowest BCUT2D eigenvalue weighted by atomic mass is 10.0. The van der Waals surface area contributed by atoms with Gasteiger partial charge in [-0.25, -0.2) is 8.42 Å². The average Bonchev–Trinajstić information content (AvgIpc) is 3.57. The number of carbonyl (C=O) groups excluding carboxylic acids is 2. The summed E-state index contributed by atoms with van der Waals surface area (Å²) in [5, 5.41) is 3.86. The van der Waals surface area contributed by atoms with Gasteiger partial charge in [0.25, 0.3) is 10.0 Å². The maximum atomic E-state index is 14.6. The van der Waals surface area contributed by atoms with Crippen molar-refractivity contribution in [2.45, 2.75) is 62.6 Å². The fourth-order valence-corrected chi connectivity index (χ4v) is 7.54. The molecular formula is C36H37Cl2N3O4S. The Kier molecular flexibility index (Phi) is 11.0. The fourth-order valence-electron chi connectivity index (χ4n) is 5.79. The zero-order valence-corrected chi connectivity index (χ0v) is 27.9. The van der Waals surface area contributed by atoms with Gasteiger partial charge in [-0.3, -0.25) is 13.9 Å².